The molecule has 1 fully saturated rings. The van der Waals surface area contributed by atoms with Crippen molar-refractivity contribution >= 4 is 18.3 Å². The van der Waals surface area contributed by atoms with Gasteiger partial charge in [0.05, 0.1) is 12.7 Å². The van der Waals surface area contributed by atoms with Gasteiger partial charge in [0, 0.05) is 49.8 Å². The fraction of sp³-hybridized carbons (Fsp3) is 0.476. The van der Waals surface area contributed by atoms with E-state index in [0.29, 0.717) is 6.54 Å². The van der Waals surface area contributed by atoms with Gasteiger partial charge in [-0.05, 0) is 57.1 Å². The SMILES string of the molecule is COc1ccc(-n2c(C)cc(C(=O)NCCCN3CCNCC3)c2C)cc1.Cl. The number of methoxy groups -OCH3 is 1. The summed E-state index contributed by atoms with van der Waals surface area (Å²) in [7, 11) is 1.66. The number of nitrogens with one attached hydrogen (secondary N) is 2. The van der Waals surface area contributed by atoms with Crippen LogP contribution in [0.2, 0.25) is 0 Å². The predicted octanol–water partition coefficient (Wildman–Crippen LogP) is 2.55. The molecule has 3 rings (SSSR count). The molecular weight excluding hydrogens is 376 g/mol. The lowest BCUT2D eigenvalue weighted by Crippen LogP contribution is -2.44. The van der Waals surface area contributed by atoms with Gasteiger partial charge in [-0.15, -0.1) is 12.4 Å². The second-order valence-electron chi connectivity index (χ2n) is 7.02. The molecule has 1 aliphatic heterocycles. The van der Waals surface area contributed by atoms with E-state index in [1.54, 1.807) is 7.11 Å². The third kappa shape index (κ3) is 5.28. The first-order valence-corrected chi connectivity index (χ1v) is 9.65. The highest BCUT2D eigenvalue weighted by molar-refractivity contribution is 5.95. The maximum atomic E-state index is 12.6. The van der Waals surface area contributed by atoms with Gasteiger partial charge in [0.25, 0.3) is 5.91 Å². The van der Waals surface area contributed by atoms with Gasteiger partial charge < -0.3 is 24.8 Å². The van der Waals surface area contributed by atoms with E-state index in [0.717, 1.165) is 67.5 Å². The highest BCUT2D eigenvalue weighted by Crippen LogP contribution is 2.22. The fourth-order valence-corrected chi connectivity index (χ4v) is 3.66. The van der Waals surface area contributed by atoms with E-state index in [2.05, 4.69) is 20.1 Å². The highest BCUT2D eigenvalue weighted by atomic mass is 35.5. The summed E-state index contributed by atoms with van der Waals surface area (Å²) in [5.41, 5.74) is 3.77. The number of amides is 1. The molecule has 0 radical (unpaired) electrons. The van der Waals surface area contributed by atoms with Crippen molar-refractivity contribution in [3.05, 3.63) is 47.3 Å². The Morgan fingerprint density at radius 1 is 1.18 bits per heavy atom. The molecule has 2 aromatic rings. The second-order valence-corrected chi connectivity index (χ2v) is 7.02. The topological polar surface area (TPSA) is 58.5 Å². The number of piperazine rings is 1. The van der Waals surface area contributed by atoms with Crippen molar-refractivity contribution in [3.8, 4) is 11.4 Å². The number of halogens is 1. The van der Waals surface area contributed by atoms with Crippen LogP contribution in [-0.4, -0.2) is 61.8 Å². The van der Waals surface area contributed by atoms with Crippen LogP contribution in [0, 0.1) is 13.8 Å². The Balaban J connectivity index is 0.00000280. The molecule has 1 saturated heterocycles. The molecule has 28 heavy (non-hydrogen) atoms. The molecule has 1 aliphatic rings. The molecule has 1 aromatic carbocycles. The van der Waals surface area contributed by atoms with Crippen LogP contribution in [0.4, 0.5) is 0 Å². The van der Waals surface area contributed by atoms with Crippen molar-refractivity contribution in [2.75, 3.05) is 46.4 Å². The minimum absolute atomic E-state index is 0. The van der Waals surface area contributed by atoms with Crippen molar-refractivity contribution in [1.29, 1.82) is 0 Å². The van der Waals surface area contributed by atoms with E-state index in [-0.39, 0.29) is 18.3 Å². The summed E-state index contributed by atoms with van der Waals surface area (Å²) in [4.78, 5) is 15.1. The summed E-state index contributed by atoms with van der Waals surface area (Å²) >= 11 is 0. The van der Waals surface area contributed by atoms with Crippen LogP contribution in [0.15, 0.2) is 30.3 Å². The zero-order chi connectivity index (χ0) is 19.2. The Morgan fingerprint density at radius 3 is 2.50 bits per heavy atom. The summed E-state index contributed by atoms with van der Waals surface area (Å²) < 4.78 is 7.33. The standard InChI is InChI=1S/C21H30N4O2.ClH/c1-16-15-20(17(2)25(16)18-5-7-19(27-3)8-6-18)21(26)23-9-4-12-24-13-10-22-11-14-24;/h5-8,15,22H,4,9-14H2,1-3H3,(H,23,26);1H. The summed E-state index contributed by atoms with van der Waals surface area (Å²) in [6.45, 7) is 10.1. The van der Waals surface area contributed by atoms with Gasteiger partial charge in [-0.25, -0.2) is 0 Å². The Kier molecular flexibility index (Phi) is 8.35. The Hall–Kier alpha value is -2.02. The molecule has 1 amide bonds. The first-order valence-electron chi connectivity index (χ1n) is 9.65. The summed E-state index contributed by atoms with van der Waals surface area (Å²) in [6, 6.07) is 9.85. The van der Waals surface area contributed by atoms with E-state index in [9.17, 15) is 4.79 Å². The number of hydrogen-bond acceptors (Lipinski definition) is 4. The molecule has 1 aromatic heterocycles. The van der Waals surface area contributed by atoms with Gasteiger partial charge in [-0.3, -0.25) is 4.79 Å². The Morgan fingerprint density at radius 2 is 1.86 bits per heavy atom. The third-order valence-corrected chi connectivity index (χ3v) is 5.15. The van der Waals surface area contributed by atoms with Crippen molar-refractivity contribution in [1.82, 2.24) is 20.1 Å². The lowest BCUT2D eigenvalue weighted by atomic mass is 10.2. The molecule has 0 spiro atoms. The van der Waals surface area contributed by atoms with E-state index >= 15 is 0 Å². The maximum absolute atomic E-state index is 12.6. The van der Waals surface area contributed by atoms with E-state index in [1.165, 1.54) is 0 Å². The molecule has 0 aliphatic carbocycles. The molecule has 7 heteroatoms. The number of nitrogens with zero attached hydrogens (tertiary/aromatic N) is 2. The number of aryl methyl sites for hydroxylation is 1. The zero-order valence-corrected chi connectivity index (χ0v) is 17.8. The second kappa shape index (κ2) is 10.5. The number of ether oxygens (including phenoxy) is 1. The van der Waals surface area contributed by atoms with Crippen LogP contribution < -0.4 is 15.4 Å². The number of carbonyl (C=O) groups is 1. The molecule has 2 N–H and O–H groups in total. The minimum atomic E-state index is 0. The van der Waals surface area contributed by atoms with Crippen molar-refractivity contribution in [2.24, 2.45) is 0 Å². The van der Waals surface area contributed by atoms with Crippen molar-refractivity contribution in [3.63, 3.8) is 0 Å². The van der Waals surface area contributed by atoms with Crippen molar-refractivity contribution < 1.29 is 9.53 Å². The quantitative estimate of drug-likeness (QED) is 0.694. The first-order chi connectivity index (χ1) is 13.1. The smallest absolute Gasteiger partial charge is 0.253 e. The Bertz CT molecular complexity index is 767. The van der Waals surface area contributed by atoms with Gasteiger partial charge in [0.2, 0.25) is 0 Å². The average molecular weight is 407 g/mol. The number of aromatic nitrogens is 1. The molecule has 0 bridgehead atoms. The minimum Gasteiger partial charge on any atom is -0.497 e. The molecular formula is C21H31ClN4O2. The van der Waals surface area contributed by atoms with Gasteiger partial charge >= 0.3 is 0 Å². The van der Waals surface area contributed by atoms with Gasteiger partial charge in [-0.1, -0.05) is 0 Å². The zero-order valence-electron chi connectivity index (χ0n) is 17.0. The summed E-state index contributed by atoms with van der Waals surface area (Å²) in [6.07, 6.45) is 0.975. The fourth-order valence-electron chi connectivity index (χ4n) is 3.66. The number of carbonyl (C=O) groups excluding carboxylic acids is 1. The van der Waals surface area contributed by atoms with Crippen LogP contribution in [0.25, 0.3) is 5.69 Å². The Labute approximate surface area is 173 Å². The monoisotopic (exact) mass is 406 g/mol. The van der Waals surface area contributed by atoms with Crippen molar-refractivity contribution in [2.45, 2.75) is 20.3 Å². The van der Waals surface area contributed by atoms with Crippen LogP contribution in [-0.2, 0) is 0 Å². The molecule has 0 saturated carbocycles. The molecule has 0 unspecified atom stereocenters. The van der Waals surface area contributed by atoms with Crippen LogP contribution in [0.5, 0.6) is 5.75 Å². The van der Waals surface area contributed by atoms with Crippen LogP contribution >= 0.6 is 12.4 Å². The van der Waals surface area contributed by atoms with Gasteiger partial charge in [0.15, 0.2) is 0 Å². The lowest BCUT2D eigenvalue weighted by Gasteiger charge is -2.27. The largest absolute Gasteiger partial charge is 0.497 e. The third-order valence-electron chi connectivity index (χ3n) is 5.15. The molecule has 0 atom stereocenters. The normalized spacial score (nSPS) is 14.4. The maximum Gasteiger partial charge on any atom is 0.253 e. The molecule has 2 heterocycles. The van der Waals surface area contributed by atoms with E-state index in [1.807, 2.05) is 44.2 Å². The predicted molar refractivity (Wildman–Crippen MR) is 115 cm³/mol. The molecule has 154 valence electrons. The van der Waals surface area contributed by atoms with Gasteiger partial charge in [-0.2, -0.15) is 0 Å². The van der Waals surface area contributed by atoms with Crippen LogP contribution in [0.3, 0.4) is 0 Å². The van der Waals surface area contributed by atoms with Gasteiger partial charge in [0.1, 0.15) is 5.75 Å². The average Bonchev–Trinajstić information content (AvgIpc) is 3.00. The highest BCUT2D eigenvalue weighted by Gasteiger charge is 2.16. The van der Waals surface area contributed by atoms with E-state index in [4.69, 9.17) is 4.74 Å². The lowest BCUT2D eigenvalue weighted by molar-refractivity contribution is 0.0950. The number of hydrogen-bond donors (Lipinski definition) is 2. The first kappa shape index (κ1) is 22.3. The molecule has 6 nitrogen and oxygen atoms in total. The van der Waals surface area contributed by atoms with Crippen LogP contribution in [0.1, 0.15) is 28.2 Å². The summed E-state index contributed by atoms with van der Waals surface area (Å²) in [5.74, 6) is 0.826. The summed E-state index contributed by atoms with van der Waals surface area (Å²) in [5, 5.41) is 6.43. The number of benzene rings is 1. The number of rotatable bonds is 7. The van der Waals surface area contributed by atoms with E-state index < -0.39 is 0 Å².